The van der Waals surface area contributed by atoms with Gasteiger partial charge in [-0.15, -0.1) is 11.6 Å². The molecule has 12 heteroatoms. The summed E-state index contributed by atoms with van der Waals surface area (Å²) < 4.78 is 35.4. The van der Waals surface area contributed by atoms with E-state index in [0.717, 1.165) is 41.5 Å². The maximum absolute atomic E-state index is 13.3. The molecule has 0 aliphatic carbocycles. The Morgan fingerprint density at radius 1 is 0.515 bits per heavy atom. The van der Waals surface area contributed by atoms with E-state index in [1.807, 2.05) is 117 Å². The van der Waals surface area contributed by atoms with Gasteiger partial charge in [0, 0.05) is 53.0 Å². The molecule has 0 aliphatic rings. The van der Waals surface area contributed by atoms with Gasteiger partial charge in [0.2, 0.25) is 0 Å². The molecular weight excluding hydrogens is 878 g/mol. The third kappa shape index (κ3) is 11.7. The van der Waals surface area contributed by atoms with Gasteiger partial charge in [-0.05, 0) is 75.5 Å². The van der Waals surface area contributed by atoms with Crippen LogP contribution in [0, 0.1) is 13.8 Å². The van der Waals surface area contributed by atoms with Crippen molar-refractivity contribution in [2.75, 3.05) is 52.9 Å². The van der Waals surface area contributed by atoms with Gasteiger partial charge in [-0.25, -0.2) is 0 Å². The molecule has 0 saturated carbocycles. The molecular formula is C56H54ClN3O8. The molecule has 0 aliphatic heterocycles. The summed E-state index contributed by atoms with van der Waals surface area (Å²) in [5.41, 5.74) is 5.56. The average Bonchev–Trinajstić information content (AvgIpc) is 3.37. The predicted octanol–water partition coefficient (Wildman–Crippen LogP) is 12.5. The number of pyridine rings is 2. The van der Waals surface area contributed by atoms with Crippen LogP contribution in [0.4, 0.5) is 0 Å². The SMILES string of the molecule is CCN(CC)CCOc1cc2nccc(Oc3ccc(C)cc3C(=O)c3ccccc3)c2cc1OC.COc1cc2c(Oc3ccc(C)cc3C(=O)c3ccccc3)ccnc2cc1OCCCl. The van der Waals surface area contributed by atoms with E-state index in [1.165, 1.54) is 0 Å². The number of methoxy groups -OCH3 is 2. The molecule has 0 N–H and O–H groups in total. The van der Waals surface area contributed by atoms with Gasteiger partial charge in [-0.2, -0.15) is 0 Å². The maximum Gasteiger partial charge on any atom is 0.196 e. The highest BCUT2D eigenvalue weighted by molar-refractivity contribution is 6.18. The third-order valence-electron chi connectivity index (χ3n) is 11.1. The molecule has 0 fully saturated rings. The number of ether oxygens (including phenoxy) is 6. The number of halogens is 1. The normalized spacial score (nSPS) is 10.9. The molecule has 0 spiro atoms. The summed E-state index contributed by atoms with van der Waals surface area (Å²) in [5, 5.41) is 1.50. The number of fused-ring (bicyclic) bond motifs is 2. The second-order valence-corrected chi connectivity index (χ2v) is 16.0. The van der Waals surface area contributed by atoms with Crippen LogP contribution in [0.15, 0.2) is 146 Å². The highest BCUT2D eigenvalue weighted by Crippen LogP contribution is 2.40. The Morgan fingerprint density at radius 2 is 0.956 bits per heavy atom. The van der Waals surface area contributed by atoms with Crippen LogP contribution >= 0.6 is 11.6 Å². The number of alkyl halides is 1. The molecule has 68 heavy (non-hydrogen) atoms. The Hall–Kier alpha value is -7.47. The lowest BCUT2D eigenvalue weighted by atomic mass is 10.0. The van der Waals surface area contributed by atoms with Crippen molar-refractivity contribution in [1.29, 1.82) is 0 Å². The molecule has 8 aromatic rings. The second-order valence-electron chi connectivity index (χ2n) is 15.7. The number of nitrogens with zero attached hydrogens (tertiary/aromatic N) is 3. The van der Waals surface area contributed by atoms with Crippen LogP contribution in [-0.2, 0) is 0 Å². The summed E-state index contributed by atoms with van der Waals surface area (Å²) in [5.74, 6) is 4.61. The van der Waals surface area contributed by atoms with Gasteiger partial charge in [0.05, 0.1) is 42.3 Å². The average molecular weight is 933 g/mol. The van der Waals surface area contributed by atoms with E-state index in [-0.39, 0.29) is 11.6 Å². The van der Waals surface area contributed by atoms with Crippen LogP contribution in [0.1, 0.15) is 56.8 Å². The minimum Gasteiger partial charge on any atom is -0.493 e. The van der Waals surface area contributed by atoms with E-state index in [2.05, 4.69) is 28.7 Å². The first kappa shape index (κ1) is 48.5. The number of carbonyl (C=O) groups excluding carboxylic acids is 2. The number of hydrogen-bond donors (Lipinski definition) is 0. The summed E-state index contributed by atoms with van der Waals surface area (Å²) in [6.07, 6.45) is 3.35. The largest absolute Gasteiger partial charge is 0.493 e. The molecule has 2 aromatic heterocycles. The summed E-state index contributed by atoms with van der Waals surface area (Å²) in [7, 11) is 3.19. The van der Waals surface area contributed by atoms with E-state index in [1.54, 1.807) is 56.9 Å². The van der Waals surface area contributed by atoms with Crippen LogP contribution in [0.5, 0.6) is 46.0 Å². The molecule has 2 heterocycles. The number of ketones is 2. The van der Waals surface area contributed by atoms with Gasteiger partial charge in [-0.1, -0.05) is 97.8 Å². The molecule has 6 aromatic carbocycles. The Labute approximate surface area is 402 Å². The zero-order valence-electron chi connectivity index (χ0n) is 39.1. The summed E-state index contributed by atoms with van der Waals surface area (Å²) in [6, 6.07) is 40.5. The lowest BCUT2D eigenvalue weighted by Gasteiger charge is -2.19. The predicted molar refractivity (Wildman–Crippen MR) is 268 cm³/mol. The van der Waals surface area contributed by atoms with Crippen LogP contribution in [0.2, 0.25) is 0 Å². The fourth-order valence-electron chi connectivity index (χ4n) is 7.50. The summed E-state index contributed by atoms with van der Waals surface area (Å²) in [6.45, 7) is 11.9. The van der Waals surface area contributed by atoms with Crippen molar-refractivity contribution in [2.24, 2.45) is 0 Å². The maximum atomic E-state index is 13.3. The molecule has 0 saturated heterocycles. The molecule has 0 amide bonds. The van der Waals surface area contributed by atoms with Gasteiger partial charge in [0.1, 0.15) is 36.2 Å². The summed E-state index contributed by atoms with van der Waals surface area (Å²) >= 11 is 5.75. The van der Waals surface area contributed by atoms with Crippen molar-refractivity contribution < 1.29 is 38.0 Å². The van der Waals surface area contributed by atoms with Crippen LogP contribution in [0.25, 0.3) is 21.8 Å². The first-order chi connectivity index (χ1) is 33.1. The lowest BCUT2D eigenvalue weighted by Crippen LogP contribution is -2.27. The number of aryl methyl sites for hydroxylation is 2. The third-order valence-corrected chi connectivity index (χ3v) is 11.3. The smallest absolute Gasteiger partial charge is 0.196 e. The van der Waals surface area contributed by atoms with Gasteiger partial charge >= 0.3 is 0 Å². The molecule has 0 bridgehead atoms. The number of rotatable bonds is 19. The van der Waals surface area contributed by atoms with Crippen molar-refractivity contribution in [2.45, 2.75) is 27.7 Å². The van der Waals surface area contributed by atoms with Gasteiger partial charge in [0.25, 0.3) is 0 Å². The van der Waals surface area contributed by atoms with E-state index < -0.39 is 0 Å². The van der Waals surface area contributed by atoms with E-state index in [4.69, 9.17) is 40.0 Å². The van der Waals surface area contributed by atoms with Crippen molar-refractivity contribution >= 4 is 45.0 Å². The monoisotopic (exact) mass is 931 g/mol. The Morgan fingerprint density at radius 3 is 1.37 bits per heavy atom. The topological polar surface area (TPSA) is 119 Å². The second kappa shape index (κ2) is 23.3. The Kier molecular flexibility index (Phi) is 16.6. The first-order valence-corrected chi connectivity index (χ1v) is 22.9. The van der Waals surface area contributed by atoms with Gasteiger partial charge in [-0.3, -0.25) is 19.6 Å². The zero-order chi connectivity index (χ0) is 48.0. The number of benzene rings is 6. The molecule has 0 radical (unpaired) electrons. The fourth-order valence-corrected chi connectivity index (χ4v) is 7.58. The molecule has 0 atom stereocenters. The van der Waals surface area contributed by atoms with Crippen LogP contribution in [0.3, 0.4) is 0 Å². The number of hydrogen-bond acceptors (Lipinski definition) is 11. The molecule has 8 rings (SSSR count). The zero-order valence-corrected chi connectivity index (χ0v) is 39.8. The number of carbonyl (C=O) groups is 2. The number of likely N-dealkylation sites (N-methyl/N-ethyl adjacent to an activating group) is 1. The van der Waals surface area contributed by atoms with Crippen molar-refractivity contribution in [3.8, 4) is 46.0 Å². The lowest BCUT2D eigenvalue weighted by molar-refractivity contribution is 0.102. The van der Waals surface area contributed by atoms with Crippen LogP contribution in [-0.4, -0.2) is 79.4 Å². The van der Waals surface area contributed by atoms with Crippen LogP contribution < -0.4 is 28.4 Å². The standard InChI is InChI=1S/C30H32N2O4.C26H22ClNO4/c1-5-32(6-2)16-17-35-29-20-25-23(19-28(29)34-4)27(14-15-31-25)36-26-13-12-21(3)18-24(26)30(33)22-10-8-7-9-11-22;1-17-8-9-22(20(14-17)26(29)18-6-4-3-5-7-18)32-23-10-12-28-21-16-25(31-13-11-27)24(30-2)15-19(21)23/h7-15,18-20H,5-6,16-17H2,1-4H3;3-10,12,14-16H,11,13H2,1-2H3. The molecule has 0 unspecified atom stereocenters. The Bertz CT molecular complexity index is 3000. The first-order valence-electron chi connectivity index (χ1n) is 22.4. The minimum absolute atomic E-state index is 0.0888. The molecule has 11 nitrogen and oxygen atoms in total. The fraction of sp³-hybridized carbons (Fsp3) is 0.214. The number of aromatic nitrogens is 2. The van der Waals surface area contributed by atoms with Crippen molar-refractivity contribution in [3.05, 3.63) is 179 Å². The highest BCUT2D eigenvalue weighted by atomic mass is 35.5. The quantitative estimate of drug-likeness (QED) is 0.0569. The summed E-state index contributed by atoms with van der Waals surface area (Å²) in [4.78, 5) is 37.7. The van der Waals surface area contributed by atoms with Crippen molar-refractivity contribution in [3.63, 3.8) is 0 Å². The Balaban J connectivity index is 0.000000203. The van der Waals surface area contributed by atoms with Gasteiger partial charge in [0.15, 0.2) is 34.6 Å². The van der Waals surface area contributed by atoms with Crippen molar-refractivity contribution in [1.82, 2.24) is 14.9 Å². The van der Waals surface area contributed by atoms with Gasteiger partial charge < -0.3 is 33.3 Å². The minimum atomic E-state index is -0.1000. The van der Waals surface area contributed by atoms with E-state index >= 15 is 0 Å². The highest BCUT2D eigenvalue weighted by Gasteiger charge is 2.20. The van der Waals surface area contributed by atoms with E-state index in [0.29, 0.717) is 98.4 Å². The van der Waals surface area contributed by atoms with E-state index in [9.17, 15) is 9.59 Å². The molecule has 348 valence electrons.